The number of rotatable bonds is 3. The largest absolute Gasteiger partial charge is 0.351 e. The fourth-order valence-electron chi connectivity index (χ4n) is 7.82. The topological polar surface area (TPSA) is 52.7 Å². The summed E-state index contributed by atoms with van der Waals surface area (Å²) in [4.78, 5) is 29.5. The molecular weight excluding hydrogens is 381 g/mol. The van der Waals surface area contributed by atoms with Crippen molar-refractivity contribution in [1.82, 2.24) is 15.1 Å². The maximum Gasteiger partial charge on any atom is 0.321 e. The van der Waals surface area contributed by atoms with E-state index in [4.69, 9.17) is 0 Å². The molecular formula is C24H28FN3O2. The van der Waals surface area contributed by atoms with Crippen LogP contribution in [-0.2, 0) is 10.3 Å². The molecule has 3 atom stereocenters. The summed E-state index contributed by atoms with van der Waals surface area (Å²) in [5.74, 6) is 1.36. The zero-order valence-corrected chi connectivity index (χ0v) is 17.3. The molecule has 6 aliphatic rings. The predicted molar refractivity (Wildman–Crippen MR) is 110 cm³/mol. The first kappa shape index (κ1) is 18.4. The summed E-state index contributed by atoms with van der Waals surface area (Å²) in [6, 6.07) is 6.96. The van der Waals surface area contributed by atoms with Crippen molar-refractivity contribution in [3.63, 3.8) is 0 Å². The van der Waals surface area contributed by atoms with Crippen LogP contribution < -0.4 is 5.32 Å². The van der Waals surface area contributed by atoms with Gasteiger partial charge in [-0.15, -0.1) is 0 Å². The van der Waals surface area contributed by atoms with Crippen LogP contribution in [0, 0.1) is 23.6 Å². The van der Waals surface area contributed by atoms with Gasteiger partial charge in [0.05, 0.1) is 6.54 Å². The van der Waals surface area contributed by atoms with Gasteiger partial charge in [0.25, 0.3) is 0 Å². The zero-order chi connectivity index (χ0) is 20.7. The van der Waals surface area contributed by atoms with Gasteiger partial charge in [-0.25, -0.2) is 9.18 Å². The summed E-state index contributed by atoms with van der Waals surface area (Å²) in [5, 5.41) is 3.29. The van der Waals surface area contributed by atoms with Crippen molar-refractivity contribution in [2.24, 2.45) is 17.8 Å². The van der Waals surface area contributed by atoms with E-state index < -0.39 is 5.54 Å². The molecule has 2 heterocycles. The lowest BCUT2D eigenvalue weighted by atomic mass is 9.50. The van der Waals surface area contributed by atoms with E-state index in [2.05, 4.69) is 22.4 Å². The first-order chi connectivity index (χ1) is 14.4. The van der Waals surface area contributed by atoms with Gasteiger partial charge in [0.2, 0.25) is 5.91 Å². The number of fused-ring (bicyclic) bond motifs is 1. The summed E-state index contributed by atoms with van der Waals surface area (Å²) in [7, 11) is 0. The van der Waals surface area contributed by atoms with Gasteiger partial charge in [0.1, 0.15) is 11.4 Å². The molecule has 3 amide bonds. The first-order valence-corrected chi connectivity index (χ1v) is 11.2. The van der Waals surface area contributed by atoms with Gasteiger partial charge in [0.15, 0.2) is 0 Å². The van der Waals surface area contributed by atoms with Crippen LogP contribution >= 0.6 is 0 Å². The molecule has 5 nitrogen and oxygen atoms in total. The number of hydrogen-bond donors (Lipinski definition) is 1. The molecule has 0 aromatic heterocycles. The molecule has 7 rings (SSSR count). The zero-order valence-electron chi connectivity index (χ0n) is 17.3. The molecule has 1 saturated heterocycles. The molecule has 0 spiro atoms. The highest BCUT2D eigenvalue weighted by Crippen LogP contribution is 2.58. The van der Waals surface area contributed by atoms with Gasteiger partial charge < -0.3 is 15.1 Å². The molecule has 3 unspecified atom stereocenters. The van der Waals surface area contributed by atoms with E-state index >= 15 is 0 Å². The quantitative estimate of drug-likeness (QED) is 0.778. The monoisotopic (exact) mass is 409 g/mol. The van der Waals surface area contributed by atoms with Gasteiger partial charge in [-0.05, 0) is 67.6 Å². The maximum absolute atomic E-state index is 13.6. The molecule has 30 heavy (non-hydrogen) atoms. The minimum atomic E-state index is -0.491. The number of nitrogens with one attached hydrogen (secondary N) is 1. The lowest BCUT2D eigenvalue weighted by Crippen LogP contribution is -2.66. The SMILES string of the molecule is CC(=O)NC12CC3CC(C1)C(N1CC4(c5ccc(F)cc5)C=CCN4C1=O)C(C3)C2. The summed E-state index contributed by atoms with van der Waals surface area (Å²) in [5.41, 5.74) is 0.424. The summed E-state index contributed by atoms with van der Waals surface area (Å²) >= 11 is 0. The molecule has 5 fully saturated rings. The number of amides is 3. The standard InChI is InChI=1S/C24H28FN3O2/c1-15(29)26-23-11-16-9-17(12-23)21(18(10-16)13-23)27-14-24(7-2-8-28(24)22(27)30)19-3-5-20(25)6-4-19/h2-7,16-18,21H,8-14H2,1H3,(H,26,29). The lowest BCUT2D eigenvalue weighted by molar-refractivity contribution is -0.127. The number of carbonyl (C=O) groups is 2. The van der Waals surface area contributed by atoms with Crippen LogP contribution in [-0.4, -0.2) is 46.4 Å². The van der Waals surface area contributed by atoms with E-state index in [1.54, 1.807) is 6.92 Å². The molecule has 4 aliphatic carbocycles. The van der Waals surface area contributed by atoms with E-state index in [0.29, 0.717) is 30.8 Å². The Morgan fingerprint density at radius 3 is 2.50 bits per heavy atom. The van der Waals surface area contributed by atoms with E-state index in [0.717, 1.165) is 37.7 Å². The van der Waals surface area contributed by atoms with Crippen molar-refractivity contribution >= 4 is 11.9 Å². The number of hydrogen-bond acceptors (Lipinski definition) is 2. The minimum absolute atomic E-state index is 0.0618. The molecule has 4 bridgehead atoms. The minimum Gasteiger partial charge on any atom is -0.351 e. The Hall–Kier alpha value is -2.37. The third kappa shape index (κ3) is 2.45. The average Bonchev–Trinajstić information content (AvgIpc) is 3.20. The fourth-order valence-corrected chi connectivity index (χ4v) is 7.82. The van der Waals surface area contributed by atoms with E-state index in [1.165, 1.54) is 12.1 Å². The molecule has 2 aliphatic heterocycles. The molecule has 0 radical (unpaired) electrons. The van der Waals surface area contributed by atoms with E-state index in [1.807, 2.05) is 17.0 Å². The number of nitrogens with zero attached hydrogens (tertiary/aromatic N) is 2. The smallest absolute Gasteiger partial charge is 0.321 e. The second-order valence-electron chi connectivity index (χ2n) is 10.3. The molecule has 1 N–H and O–H groups in total. The molecule has 158 valence electrons. The van der Waals surface area contributed by atoms with Crippen molar-refractivity contribution in [1.29, 1.82) is 0 Å². The Labute approximate surface area is 176 Å². The Morgan fingerprint density at radius 1 is 1.13 bits per heavy atom. The number of benzene rings is 1. The Kier molecular flexibility index (Phi) is 3.73. The lowest BCUT2D eigenvalue weighted by Gasteiger charge is -2.61. The third-order valence-electron chi connectivity index (χ3n) is 8.42. The third-order valence-corrected chi connectivity index (χ3v) is 8.42. The van der Waals surface area contributed by atoms with Gasteiger partial charge in [-0.1, -0.05) is 24.3 Å². The van der Waals surface area contributed by atoms with Crippen LogP contribution in [0.15, 0.2) is 36.4 Å². The van der Waals surface area contributed by atoms with Gasteiger partial charge in [-0.3, -0.25) is 4.79 Å². The van der Waals surface area contributed by atoms with E-state index in [-0.39, 0.29) is 29.3 Å². The van der Waals surface area contributed by atoms with Crippen molar-refractivity contribution < 1.29 is 14.0 Å². The normalized spacial score (nSPS) is 40.9. The van der Waals surface area contributed by atoms with Crippen LogP contribution in [0.25, 0.3) is 0 Å². The van der Waals surface area contributed by atoms with Crippen LogP contribution in [0.4, 0.5) is 9.18 Å². The first-order valence-electron chi connectivity index (χ1n) is 11.2. The average molecular weight is 410 g/mol. The number of halogens is 1. The molecule has 4 saturated carbocycles. The molecule has 1 aromatic rings. The highest BCUT2D eigenvalue weighted by atomic mass is 19.1. The number of urea groups is 1. The Bertz CT molecular complexity index is 928. The highest BCUT2D eigenvalue weighted by molar-refractivity contribution is 5.81. The van der Waals surface area contributed by atoms with Crippen molar-refractivity contribution in [3.05, 3.63) is 47.8 Å². The van der Waals surface area contributed by atoms with Crippen molar-refractivity contribution in [2.45, 2.75) is 56.1 Å². The Balaban J connectivity index is 1.32. The van der Waals surface area contributed by atoms with E-state index in [9.17, 15) is 14.0 Å². The highest BCUT2D eigenvalue weighted by Gasteiger charge is 2.61. The van der Waals surface area contributed by atoms with Gasteiger partial charge >= 0.3 is 6.03 Å². The van der Waals surface area contributed by atoms with Crippen LogP contribution in [0.2, 0.25) is 0 Å². The fraction of sp³-hybridized carbons (Fsp3) is 0.583. The second kappa shape index (κ2) is 6.08. The summed E-state index contributed by atoms with van der Waals surface area (Å²) in [6.07, 6.45) is 9.56. The maximum atomic E-state index is 13.6. The van der Waals surface area contributed by atoms with Crippen LogP contribution in [0.1, 0.15) is 44.6 Å². The second-order valence-corrected chi connectivity index (χ2v) is 10.3. The summed E-state index contributed by atoms with van der Waals surface area (Å²) < 4.78 is 13.5. The Morgan fingerprint density at radius 2 is 1.83 bits per heavy atom. The van der Waals surface area contributed by atoms with Gasteiger partial charge in [0, 0.05) is 25.0 Å². The van der Waals surface area contributed by atoms with Crippen LogP contribution in [0.5, 0.6) is 0 Å². The van der Waals surface area contributed by atoms with Crippen LogP contribution in [0.3, 0.4) is 0 Å². The predicted octanol–water partition coefficient (Wildman–Crippen LogP) is 3.41. The van der Waals surface area contributed by atoms with Crippen molar-refractivity contribution in [2.75, 3.05) is 13.1 Å². The molecule has 1 aromatic carbocycles. The van der Waals surface area contributed by atoms with Crippen molar-refractivity contribution in [3.8, 4) is 0 Å². The number of carbonyl (C=O) groups excluding carboxylic acids is 2. The summed E-state index contributed by atoms with van der Waals surface area (Å²) in [6.45, 7) is 2.85. The van der Waals surface area contributed by atoms with Gasteiger partial charge in [-0.2, -0.15) is 0 Å². The molecule has 6 heteroatoms.